The Bertz CT molecular complexity index is 606. The fourth-order valence-electron chi connectivity index (χ4n) is 1.26. The second kappa shape index (κ2) is 3.16. The molecule has 0 amide bonds. The summed E-state index contributed by atoms with van der Waals surface area (Å²) in [6.07, 6.45) is 0. The van der Waals surface area contributed by atoms with E-state index < -0.39 is 22.9 Å². The standard InChI is InChI=1S/C9H5FN2O3/c10-5-3-1-2-4-6(5)11-12-7(8(4)13)9(14)15/h1-3H,(H,11,13)(H,14,15)/p-1. The first-order valence-electron chi connectivity index (χ1n) is 3.99. The van der Waals surface area contributed by atoms with Crippen LogP contribution in [-0.4, -0.2) is 16.2 Å². The molecule has 0 aliphatic rings. The molecule has 2 aromatic rings. The minimum atomic E-state index is -1.69. The predicted molar refractivity (Wildman–Crippen MR) is 46.7 cm³/mol. The molecule has 15 heavy (non-hydrogen) atoms. The fourth-order valence-corrected chi connectivity index (χ4v) is 1.26. The van der Waals surface area contributed by atoms with Crippen LogP contribution in [0.5, 0.6) is 0 Å². The molecule has 5 nitrogen and oxygen atoms in total. The SMILES string of the molecule is O=C([O-])c1n[nH]c2c(F)cccc2c1=O. The maximum Gasteiger partial charge on any atom is 0.217 e. The lowest BCUT2D eigenvalue weighted by Gasteiger charge is -2.02. The van der Waals surface area contributed by atoms with Crippen LogP contribution in [0.15, 0.2) is 23.0 Å². The number of carboxylic acids is 1. The second-order valence-corrected chi connectivity index (χ2v) is 2.85. The van der Waals surface area contributed by atoms with Crippen LogP contribution in [0.25, 0.3) is 10.9 Å². The van der Waals surface area contributed by atoms with E-state index >= 15 is 0 Å². The number of hydrogen-bond acceptors (Lipinski definition) is 4. The van der Waals surface area contributed by atoms with Crippen LogP contribution in [0.4, 0.5) is 4.39 Å². The van der Waals surface area contributed by atoms with Gasteiger partial charge in [0.15, 0.2) is 5.69 Å². The van der Waals surface area contributed by atoms with E-state index in [-0.39, 0.29) is 10.9 Å². The monoisotopic (exact) mass is 207 g/mol. The fraction of sp³-hybridized carbons (Fsp3) is 0. The van der Waals surface area contributed by atoms with E-state index in [0.717, 1.165) is 6.07 Å². The zero-order valence-corrected chi connectivity index (χ0v) is 7.28. The summed E-state index contributed by atoms with van der Waals surface area (Å²) in [7, 11) is 0. The lowest BCUT2D eigenvalue weighted by Crippen LogP contribution is -2.31. The van der Waals surface area contributed by atoms with Gasteiger partial charge in [0.25, 0.3) is 0 Å². The smallest absolute Gasteiger partial charge is 0.217 e. The number of para-hydroxylation sites is 1. The number of aromatic amines is 1. The summed E-state index contributed by atoms with van der Waals surface area (Å²) in [5.41, 5.74) is -1.73. The molecular weight excluding hydrogens is 203 g/mol. The Labute approximate surface area is 82.2 Å². The molecule has 0 unspecified atom stereocenters. The zero-order valence-electron chi connectivity index (χ0n) is 7.28. The van der Waals surface area contributed by atoms with Crippen molar-refractivity contribution >= 4 is 16.9 Å². The molecular formula is C9H4FN2O3-. The zero-order chi connectivity index (χ0) is 11.0. The summed E-state index contributed by atoms with van der Waals surface area (Å²) in [5.74, 6) is -2.36. The maximum atomic E-state index is 13.1. The minimum Gasteiger partial charge on any atom is -0.543 e. The summed E-state index contributed by atoms with van der Waals surface area (Å²) in [5, 5.41) is 15.8. The van der Waals surface area contributed by atoms with Crippen molar-refractivity contribution in [3.8, 4) is 0 Å². The molecule has 0 aliphatic heterocycles. The van der Waals surface area contributed by atoms with Gasteiger partial charge in [-0.05, 0) is 12.1 Å². The number of aromatic carboxylic acids is 1. The van der Waals surface area contributed by atoms with Crippen molar-refractivity contribution in [3.63, 3.8) is 0 Å². The molecule has 1 aromatic heterocycles. The number of fused-ring (bicyclic) bond motifs is 1. The van der Waals surface area contributed by atoms with Gasteiger partial charge in [0.2, 0.25) is 5.43 Å². The number of halogens is 1. The number of nitrogens with one attached hydrogen (secondary N) is 1. The minimum absolute atomic E-state index is 0.0656. The summed E-state index contributed by atoms with van der Waals surface area (Å²) in [6.45, 7) is 0. The number of H-pyrrole nitrogens is 1. The first-order chi connectivity index (χ1) is 7.11. The van der Waals surface area contributed by atoms with Crippen LogP contribution in [0.1, 0.15) is 10.5 Å². The van der Waals surface area contributed by atoms with E-state index in [9.17, 15) is 19.1 Å². The molecule has 1 aromatic carbocycles. The Balaban J connectivity index is 2.92. The molecule has 1 N–H and O–H groups in total. The lowest BCUT2D eigenvalue weighted by molar-refractivity contribution is -0.255. The number of carboxylic acid groups (broad SMARTS) is 1. The Morgan fingerprint density at radius 3 is 2.87 bits per heavy atom. The third-order valence-corrected chi connectivity index (χ3v) is 1.95. The number of rotatable bonds is 1. The van der Waals surface area contributed by atoms with E-state index in [2.05, 4.69) is 10.2 Å². The van der Waals surface area contributed by atoms with Crippen molar-refractivity contribution in [2.45, 2.75) is 0 Å². The normalized spacial score (nSPS) is 10.5. The second-order valence-electron chi connectivity index (χ2n) is 2.85. The molecule has 0 aliphatic carbocycles. The van der Waals surface area contributed by atoms with Gasteiger partial charge in [-0.1, -0.05) is 6.07 Å². The number of nitrogens with zero attached hydrogens (tertiary/aromatic N) is 1. The van der Waals surface area contributed by atoms with Crippen LogP contribution < -0.4 is 10.5 Å². The highest BCUT2D eigenvalue weighted by molar-refractivity contribution is 5.88. The molecule has 0 fully saturated rings. The average Bonchev–Trinajstić information content (AvgIpc) is 2.19. The van der Waals surface area contributed by atoms with E-state index in [1.54, 1.807) is 0 Å². The van der Waals surface area contributed by atoms with Crippen molar-refractivity contribution in [1.82, 2.24) is 10.2 Å². The highest BCUT2D eigenvalue weighted by Crippen LogP contribution is 2.10. The van der Waals surface area contributed by atoms with Crippen LogP contribution in [0.2, 0.25) is 0 Å². The van der Waals surface area contributed by atoms with Crippen LogP contribution in [0.3, 0.4) is 0 Å². The topological polar surface area (TPSA) is 85.9 Å². The molecule has 0 saturated heterocycles. The molecule has 0 saturated carbocycles. The van der Waals surface area contributed by atoms with E-state index in [1.165, 1.54) is 12.1 Å². The van der Waals surface area contributed by atoms with Gasteiger partial charge in [0.05, 0.1) is 11.4 Å². The predicted octanol–water partition coefficient (Wildman–Crippen LogP) is -0.574. The average molecular weight is 207 g/mol. The summed E-state index contributed by atoms with van der Waals surface area (Å²) in [6, 6.07) is 3.76. The first-order valence-corrected chi connectivity index (χ1v) is 3.99. The van der Waals surface area contributed by atoms with Crippen molar-refractivity contribution < 1.29 is 14.3 Å². The van der Waals surface area contributed by atoms with Gasteiger partial charge < -0.3 is 9.90 Å². The summed E-state index contributed by atoms with van der Waals surface area (Å²) < 4.78 is 13.1. The highest BCUT2D eigenvalue weighted by Gasteiger charge is 2.09. The number of carbonyl (C=O) groups excluding carboxylic acids is 1. The largest absolute Gasteiger partial charge is 0.543 e. The van der Waals surface area contributed by atoms with Crippen molar-refractivity contribution in [2.75, 3.05) is 0 Å². The first kappa shape index (κ1) is 9.32. The van der Waals surface area contributed by atoms with Gasteiger partial charge in [-0.15, -0.1) is 0 Å². The number of aromatic nitrogens is 2. The molecule has 0 spiro atoms. The van der Waals surface area contributed by atoms with Crippen molar-refractivity contribution in [2.24, 2.45) is 0 Å². The molecule has 0 bridgehead atoms. The van der Waals surface area contributed by atoms with Gasteiger partial charge in [-0.25, -0.2) is 4.39 Å². The Morgan fingerprint density at radius 2 is 2.20 bits per heavy atom. The number of carbonyl (C=O) groups is 1. The van der Waals surface area contributed by atoms with E-state index in [0.29, 0.717) is 0 Å². The van der Waals surface area contributed by atoms with Gasteiger partial charge in [-0.2, -0.15) is 5.10 Å². The van der Waals surface area contributed by atoms with Gasteiger partial charge in [-0.3, -0.25) is 9.89 Å². The molecule has 76 valence electrons. The van der Waals surface area contributed by atoms with Crippen LogP contribution in [0, 0.1) is 5.82 Å². The Morgan fingerprint density at radius 1 is 1.47 bits per heavy atom. The number of hydrogen-bond donors (Lipinski definition) is 1. The third-order valence-electron chi connectivity index (χ3n) is 1.95. The van der Waals surface area contributed by atoms with Gasteiger partial charge in [0.1, 0.15) is 11.3 Å². The molecule has 0 radical (unpaired) electrons. The quantitative estimate of drug-likeness (QED) is 0.678. The van der Waals surface area contributed by atoms with Gasteiger partial charge >= 0.3 is 0 Å². The third kappa shape index (κ3) is 1.35. The molecule has 2 rings (SSSR count). The molecule has 1 heterocycles. The van der Waals surface area contributed by atoms with Crippen LogP contribution >= 0.6 is 0 Å². The number of benzene rings is 1. The Kier molecular flexibility index (Phi) is 1.96. The highest BCUT2D eigenvalue weighted by atomic mass is 19.1. The summed E-state index contributed by atoms with van der Waals surface area (Å²) >= 11 is 0. The van der Waals surface area contributed by atoms with Crippen LogP contribution in [-0.2, 0) is 0 Å². The molecule has 0 atom stereocenters. The van der Waals surface area contributed by atoms with Crippen molar-refractivity contribution in [3.05, 3.63) is 39.9 Å². The molecule has 6 heteroatoms. The summed E-state index contributed by atoms with van der Waals surface area (Å²) in [4.78, 5) is 21.9. The van der Waals surface area contributed by atoms with Gasteiger partial charge in [0, 0.05) is 0 Å². The lowest BCUT2D eigenvalue weighted by atomic mass is 10.2. The Hall–Kier alpha value is -2.24. The van der Waals surface area contributed by atoms with E-state index in [4.69, 9.17) is 0 Å². The van der Waals surface area contributed by atoms with E-state index in [1.807, 2.05) is 0 Å². The maximum absolute atomic E-state index is 13.1. The van der Waals surface area contributed by atoms with Crippen molar-refractivity contribution in [1.29, 1.82) is 0 Å².